The molecule has 0 unspecified atom stereocenters. The maximum absolute atomic E-state index is 12.5. The summed E-state index contributed by atoms with van der Waals surface area (Å²) in [5, 5.41) is 17.5. The van der Waals surface area contributed by atoms with Crippen molar-refractivity contribution in [2.45, 2.75) is 0 Å². The summed E-state index contributed by atoms with van der Waals surface area (Å²) >= 11 is 1.38. The molecular formula is C19H14N6OS. The number of thiazole rings is 1. The number of benzene rings is 2. The van der Waals surface area contributed by atoms with Crippen LogP contribution in [0, 0.1) is 0 Å². The Morgan fingerprint density at radius 3 is 2.81 bits per heavy atom. The normalized spacial score (nSPS) is 11.1. The molecule has 5 rings (SSSR count). The lowest BCUT2D eigenvalue weighted by Crippen LogP contribution is -2.12. The van der Waals surface area contributed by atoms with Crippen molar-refractivity contribution in [3.05, 3.63) is 65.9 Å². The number of H-pyrrole nitrogens is 2. The molecule has 5 aromatic rings. The van der Waals surface area contributed by atoms with Crippen LogP contribution in [0.4, 0.5) is 16.5 Å². The summed E-state index contributed by atoms with van der Waals surface area (Å²) in [7, 11) is 0. The van der Waals surface area contributed by atoms with Gasteiger partial charge in [0.05, 0.1) is 11.7 Å². The third-order valence-corrected chi connectivity index (χ3v) is 5.00. The Morgan fingerprint density at radius 2 is 1.85 bits per heavy atom. The molecule has 8 heteroatoms. The van der Waals surface area contributed by atoms with E-state index in [4.69, 9.17) is 0 Å². The Balaban J connectivity index is 1.32. The van der Waals surface area contributed by atoms with E-state index in [0.717, 1.165) is 33.2 Å². The van der Waals surface area contributed by atoms with Crippen molar-refractivity contribution in [3.8, 4) is 0 Å². The number of hydrogen-bond donors (Lipinski definition) is 4. The first kappa shape index (κ1) is 15.6. The van der Waals surface area contributed by atoms with Gasteiger partial charge in [-0.05, 0) is 42.5 Å². The summed E-state index contributed by atoms with van der Waals surface area (Å²) in [6.45, 7) is 0. The highest BCUT2D eigenvalue weighted by Crippen LogP contribution is 2.24. The van der Waals surface area contributed by atoms with Crippen LogP contribution >= 0.6 is 11.3 Å². The van der Waals surface area contributed by atoms with Gasteiger partial charge in [0, 0.05) is 39.2 Å². The zero-order valence-corrected chi connectivity index (χ0v) is 14.8. The van der Waals surface area contributed by atoms with Crippen molar-refractivity contribution in [3.63, 3.8) is 0 Å². The van der Waals surface area contributed by atoms with E-state index in [2.05, 4.69) is 30.8 Å². The Hall–Kier alpha value is -3.65. The fourth-order valence-electron chi connectivity index (χ4n) is 2.91. The molecule has 0 fully saturated rings. The third-order valence-electron chi connectivity index (χ3n) is 4.24. The second-order valence-corrected chi connectivity index (χ2v) is 6.93. The molecule has 3 aromatic heterocycles. The van der Waals surface area contributed by atoms with Gasteiger partial charge in [-0.1, -0.05) is 0 Å². The highest BCUT2D eigenvalue weighted by molar-refractivity contribution is 7.14. The molecule has 7 nitrogen and oxygen atoms in total. The number of fused-ring (bicyclic) bond motifs is 2. The number of rotatable bonds is 4. The minimum atomic E-state index is -0.237. The molecule has 0 radical (unpaired) electrons. The van der Waals surface area contributed by atoms with Crippen molar-refractivity contribution in [2.24, 2.45) is 0 Å². The second kappa shape index (κ2) is 6.26. The zero-order valence-electron chi connectivity index (χ0n) is 14.0. The first-order valence-electron chi connectivity index (χ1n) is 8.29. The van der Waals surface area contributed by atoms with Crippen LogP contribution in [0.5, 0.6) is 0 Å². The summed E-state index contributed by atoms with van der Waals surface area (Å²) in [5.41, 5.74) is 4.01. The largest absolute Gasteiger partial charge is 0.361 e. The van der Waals surface area contributed by atoms with Gasteiger partial charge in [0.2, 0.25) is 0 Å². The van der Waals surface area contributed by atoms with Gasteiger partial charge in [0.1, 0.15) is 5.69 Å². The molecule has 0 atom stereocenters. The van der Waals surface area contributed by atoms with Crippen LogP contribution in [-0.4, -0.2) is 26.1 Å². The molecule has 2 aromatic carbocycles. The summed E-state index contributed by atoms with van der Waals surface area (Å²) in [5.74, 6) is -0.237. The molecule has 27 heavy (non-hydrogen) atoms. The number of carbonyl (C=O) groups is 1. The van der Waals surface area contributed by atoms with E-state index in [0.29, 0.717) is 10.8 Å². The van der Waals surface area contributed by atoms with Crippen molar-refractivity contribution >= 4 is 55.6 Å². The third kappa shape index (κ3) is 3.02. The van der Waals surface area contributed by atoms with Crippen LogP contribution in [0.1, 0.15) is 10.5 Å². The Kier molecular flexibility index (Phi) is 3.61. The van der Waals surface area contributed by atoms with Gasteiger partial charge in [-0.25, -0.2) is 4.98 Å². The van der Waals surface area contributed by atoms with Crippen LogP contribution in [0.25, 0.3) is 21.8 Å². The van der Waals surface area contributed by atoms with Crippen molar-refractivity contribution in [1.29, 1.82) is 0 Å². The van der Waals surface area contributed by atoms with Gasteiger partial charge in [0.15, 0.2) is 5.13 Å². The number of nitrogens with zero attached hydrogens (tertiary/aromatic N) is 2. The van der Waals surface area contributed by atoms with Gasteiger partial charge >= 0.3 is 0 Å². The monoisotopic (exact) mass is 374 g/mol. The topological polar surface area (TPSA) is 98.5 Å². The molecule has 0 spiro atoms. The highest BCUT2D eigenvalue weighted by atomic mass is 32.1. The first-order valence-corrected chi connectivity index (χ1v) is 9.17. The summed E-state index contributed by atoms with van der Waals surface area (Å²) in [4.78, 5) is 20.0. The maximum Gasteiger partial charge on any atom is 0.275 e. The molecule has 0 saturated heterocycles. The number of hydrogen-bond acceptors (Lipinski definition) is 5. The highest BCUT2D eigenvalue weighted by Gasteiger charge is 2.12. The molecule has 0 aliphatic carbocycles. The minimum Gasteiger partial charge on any atom is -0.361 e. The van der Waals surface area contributed by atoms with E-state index >= 15 is 0 Å². The van der Waals surface area contributed by atoms with Crippen LogP contribution < -0.4 is 10.6 Å². The standard InChI is InChI=1S/C19H14N6OS/c26-18(22-13-1-3-15-11(7-13)5-6-20-15)17-10-27-19(24-17)23-14-2-4-16-12(8-14)9-21-25-16/h1-10,20H,(H,21,25)(H,22,26)(H,23,24). The quantitative estimate of drug-likeness (QED) is 0.372. The molecule has 0 aliphatic rings. The van der Waals surface area contributed by atoms with Crippen molar-refractivity contribution in [1.82, 2.24) is 20.2 Å². The maximum atomic E-state index is 12.5. The lowest BCUT2D eigenvalue weighted by Gasteiger charge is -2.04. The minimum absolute atomic E-state index is 0.237. The molecule has 3 heterocycles. The first-order chi connectivity index (χ1) is 13.2. The molecule has 0 saturated carbocycles. The van der Waals surface area contributed by atoms with Crippen LogP contribution in [-0.2, 0) is 0 Å². The number of aromatic amines is 2. The van der Waals surface area contributed by atoms with E-state index in [1.807, 2.05) is 48.7 Å². The van der Waals surface area contributed by atoms with E-state index in [-0.39, 0.29) is 5.91 Å². The number of carbonyl (C=O) groups excluding carboxylic acids is 1. The predicted molar refractivity (Wildman–Crippen MR) is 108 cm³/mol. The lowest BCUT2D eigenvalue weighted by molar-refractivity contribution is 0.102. The van der Waals surface area contributed by atoms with Crippen LogP contribution in [0.3, 0.4) is 0 Å². The van der Waals surface area contributed by atoms with Gasteiger partial charge in [-0.2, -0.15) is 5.10 Å². The molecule has 4 N–H and O–H groups in total. The summed E-state index contributed by atoms with van der Waals surface area (Å²) in [6, 6.07) is 13.6. The Bertz CT molecular complexity index is 1270. The molecule has 132 valence electrons. The SMILES string of the molecule is O=C(Nc1ccc2[nH]ccc2c1)c1csc(Nc2ccc3[nH]ncc3c2)n1. The predicted octanol–water partition coefficient (Wildman–Crippen LogP) is 4.50. The summed E-state index contributed by atoms with van der Waals surface area (Å²) < 4.78 is 0. The number of amides is 1. The fourth-order valence-corrected chi connectivity index (χ4v) is 3.62. The Labute approximate surface area is 157 Å². The zero-order chi connectivity index (χ0) is 18.2. The van der Waals surface area contributed by atoms with E-state index in [1.54, 1.807) is 11.6 Å². The second-order valence-electron chi connectivity index (χ2n) is 6.07. The number of aromatic nitrogens is 4. The van der Waals surface area contributed by atoms with E-state index in [1.165, 1.54) is 11.3 Å². The van der Waals surface area contributed by atoms with Gasteiger partial charge in [-0.3, -0.25) is 9.89 Å². The molecule has 1 amide bonds. The van der Waals surface area contributed by atoms with Gasteiger partial charge in [0.25, 0.3) is 5.91 Å². The number of nitrogens with one attached hydrogen (secondary N) is 4. The molecular weight excluding hydrogens is 360 g/mol. The summed E-state index contributed by atoms with van der Waals surface area (Å²) in [6.07, 6.45) is 3.64. The Morgan fingerprint density at radius 1 is 1.00 bits per heavy atom. The van der Waals surface area contributed by atoms with Crippen molar-refractivity contribution in [2.75, 3.05) is 10.6 Å². The average molecular weight is 374 g/mol. The van der Waals surface area contributed by atoms with Crippen LogP contribution in [0.2, 0.25) is 0 Å². The van der Waals surface area contributed by atoms with Crippen molar-refractivity contribution < 1.29 is 4.79 Å². The molecule has 0 bridgehead atoms. The number of anilines is 3. The van der Waals surface area contributed by atoms with Gasteiger partial charge in [-0.15, -0.1) is 11.3 Å². The fraction of sp³-hybridized carbons (Fsp3) is 0. The average Bonchev–Trinajstić information content (AvgIpc) is 3.41. The smallest absolute Gasteiger partial charge is 0.275 e. The van der Waals surface area contributed by atoms with Gasteiger partial charge < -0.3 is 15.6 Å². The van der Waals surface area contributed by atoms with E-state index in [9.17, 15) is 4.79 Å². The molecule has 0 aliphatic heterocycles. The van der Waals surface area contributed by atoms with Crippen LogP contribution in [0.15, 0.2) is 60.2 Å². The van der Waals surface area contributed by atoms with E-state index < -0.39 is 0 Å². The lowest BCUT2D eigenvalue weighted by atomic mass is 10.2.